The van der Waals surface area contributed by atoms with Crippen LogP contribution >= 0.6 is 22.9 Å². The van der Waals surface area contributed by atoms with Gasteiger partial charge in [0, 0.05) is 30.2 Å². The van der Waals surface area contributed by atoms with Crippen LogP contribution in [0.1, 0.15) is 24.3 Å². The molecular weight excluding hydrogens is 288 g/mol. The summed E-state index contributed by atoms with van der Waals surface area (Å²) in [4.78, 5) is 3.52. The second-order valence-electron chi connectivity index (χ2n) is 5.26. The summed E-state index contributed by atoms with van der Waals surface area (Å²) in [7, 11) is 2.11. The summed E-state index contributed by atoms with van der Waals surface area (Å²) < 4.78 is 0.850. The zero-order valence-corrected chi connectivity index (χ0v) is 13.8. The molecule has 4 heteroatoms. The fourth-order valence-corrected chi connectivity index (χ4v) is 3.09. The van der Waals surface area contributed by atoms with Crippen LogP contribution in [0.5, 0.6) is 0 Å². The Morgan fingerprint density at radius 3 is 2.40 bits per heavy atom. The Morgan fingerprint density at radius 1 is 1.15 bits per heavy atom. The molecule has 20 heavy (non-hydrogen) atoms. The first-order valence-electron chi connectivity index (χ1n) is 6.82. The van der Waals surface area contributed by atoms with Crippen LogP contribution in [0, 0.1) is 0 Å². The Labute approximate surface area is 130 Å². The maximum atomic E-state index is 5.96. The molecule has 108 valence electrons. The van der Waals surface area contributed by atoms with Gasteiger partial charge in [-0.2, -0.15) is 0 Å². The van der Waals surface area contributed by atoms with Crippen LogP contribution in [0.25, 0.3) is 0 Å². The van der Waals surface area contributed by atoms with Gasteiger partial charge in [0.2, 0.25) is 0 Å². The van der Waals surface area contributed by atoms with Crippen molar-refractivity contribution in [3.8, 4) is 0 Å². The quantitative estimate of drug-likeness (QED) is 0.843. The van der Waals surface area contributed by atoms with Crippen LogP contribution in [-0.4, -0.2) is 13.1 Å². The van der Waals surface area contributed by atoms with Gasteiger partial charge in [-0.3, -0.25) is 0 Å². The van der Waals surface area contributed by atoms with E-state index in [0.717, 1.165) is 17.4 Å². The number of nitrogens with zero attached hydrogens (tertiary/aromatic N) is 1. The lowest BCUT2D eigenvalue weighted by Crippen LogP contribution is -2.21. The van der Waals surface area contributed by atoms with E-state index in [0.29, 0.717) is 6.04 Å². The molecule has 0 aliphatic rings. The van der Waals surface area contributed by atoms with E-state index < -0.39 is 0 Å². The number of hydrogen-bond acceptors (Lipinski definition) is 3. The molecule has 0 saturated heterocycles. The van der Waals surface area contributed by atoms with Gasteiger partial charge in [0.25, 0.3) is 0 Å². The molecule has 0 amide bonds. The highest BCUT2D eigenvalue weighted by molar-refractivity contribution is 7.16. The molecule has 0 aliphatic heterocycles. The summed E-state index contributed by atoms with van der Waals surface area (Å²) in [6.07, 6.45) is 0. The first kappa shape index (κ1) is 15.4. The third-order valence-corrected chi connectivity index (χ3v) is 4.33. The first-order chi connectivity index (χ1) is 9.54. The maximum absolute atomic E-state index is 5.96. The molecule has 1 aromatic carbocycles. The Kier molecular flexibility index (Phi) is 5.46. The highest BCUT2D eigenvalue weighted by Gasteiger charge is 2.05. The zero-order valence-electron chi connectivity index (χ0n) is 12.2. The summed E-state index contributed by atoms with van der Waals surface area (Å²) in [6, 6.07) is 13.3. The van der Waals surface area contributed by atoms with E-state index in [1.165, 1.54) is 16.1 Å². The van der Waals surface area contributed by atoms with Crippen LogP contribution < -0.4 is 10.2 Å². The van der Waals surface area contributed by atoms with Crippen molar-refractivity contribution in [2.24, 2.45) is 0 Å². The SMILES string of the molecule is CC(C)NCc1ccc(N(C)Cc2ccc(Cl)s2)cc1. The van der Waals surface area contributed by atoms with Gasteiger partial charge >= 0.3 is 0 Å². The number of rotatable bonds is 6. The van der Waals surface area contributed by atoms with Gasteiger partial charge in [-0.05, 0) is 29.8 Å². The van der Waals surface area contributed by atoms with E-state index in [4.69, 9.17) is 11.6 Å². The lowest BCUT2D eigenvalue weighted by Gasteiger charge is -2.19. The van der Waals surface area contributed by atoms with Crippen LogP contribution in [0.3, 0.4) is 0 Å². The van der Waals surface area contributed by atoms with Crippen molar-refractivity contribution in [2.75, 3.05) is 11.9 Å². The molecule has 0 unspecified atom stereocenters. The summed E-state index contributed by atoms with van der Waals surface area (Å²) in [5.74, 6) is 0. The van der Waals surface area contributed by atoms with Gasteiger partial charge in [0.15, 0.2) is 0 Å². The molecule has 1 aromatic heterocycles. The van der Waals surface area contributed by atoms with Crippen LogP contribution in [0.15, 0.2) is 36.4 Å². The van der Waals surface area contributed by atoms with Gasteiger partial charge < -0.3 is 10.2 Å². The van der Waals surface area contributed by atoms with Crippen molar-refractivity contribution in [1.29, 1.82) is 0 Å². The molecule has 0 bridgehead atoms. The largest absolute Gasteiger partial charge is 0.369 e. The monoisotopic (exact) mass is 308 g/mol. The fraction of sp³-hybridized carbons (Fsp3) is 0.375. The van der Waals surface area contributed by atoms with E-state index in [1.54, 1.807) is 11.3 Å². The van der Waals surface area contributed by atoms with Crippen molar-refractivity contribution in [2.45, 2.75) is 33.0 Å². The zero-order chi connectivity index (χ0) is 14.5. The van der Waals surface area contributed by atoms with Crippen molar-refractivity contribution < 1.29 is 0 Å². The van der Waals surface area contributed by atoms with E-state index in [1.807, 2.05) is 6.07 Å². The average molecular weight is 309 g/mol. The summed E-state index contributed by atoms with van der Waals surface area (Å²) in [5.41, 5.74) is 2.54. The summed E-state index contributed by atoms with van der Waals surface area (Å²) in [6.45, 7) is 6.13. The second-order valence-corrected chi connectivity index (χ2v) is 7.06. The Morgan fingerprint density at radius 2 is 1.85 bits per heavy atom. The van der Waals surface area contributed by atoms with Crippen molar-refractivity contribution >= 4 is 28.6 Å². The predicted molar refractivity (Wildman–Crippen MR) is 89.9 cm³/mol. The van der Waals surface area contributed by atoms with E-state index in [9.17, 15) is 0 Å². The second kappa shape index (κ2) is 7.11. The lowest BCUT2D eigenvalue weighted by atomic mass is 10.2. The van der Waals surface area contributed by atoms with Gasteiger partial charge in [-0.1, -0.05) is 37.6 Å². The molecule has 0 atom stereocenters. The number of anilines is 1. The fourth-order valence-electron chi connectivity index (χ4n) is 1.95. The van der Waals surface area contributed by atoms with E-state index in [-0.39, 0.29) is 0 Å². The minimum absolute atomic E-state index is 0.515. The van der Waals surface area contributed by atoms with Gasteiger partial charge in [-0.25, -0.2) is 0 Å². The molecule has 0 radical (unpaired) electrons. The van der Waals surface area contributed by atoms with Crippen molar-refractivity contribution in [1.82, 2.24) is 5.32 Å². The van der Waals surface area contributed by atoms with E-state index in [2.05, 4.69) is 61.4 Å². The van der Waals surface area contributed by atoms with E-state index >= 15 is 0 Å². The molecule has 0 aliphatic carbocycles. The van der Waals surface area contributed by atoms with Crippen molar-refractivity contribution in [3.63, 3.8) is 0 Å². The molecule has 0 fully saturated rings. The number of hydrogen-bond donors (Lipinski definition) is 1. The minimum atomic E-state index is 0.515. The number of nitrogens with one attached hydrogen (secondary N) is 1. The lowest BCUT2D eigenvalue weighted by molar-refractivity contribution is 0.589. The molecule has 2 nitrogen and oxygen atoms in total. The number of thiophene rings is 1. The smallest absolute Gasteiger partial charge is 0.0931 e. The number of halogens is 1. The van der Waals surface area contributed by atoms with Crippen LogP contribution in [0.2, 0.25) is 4.34 Å². The molecular formula is C16H21ClN2S. The third-order valence-electron chi connectivity index (χ3n) is 3.11. The van der Waals surface area contributed by atoms with Crippen molar-refractivity contribution in [3.05, 3.63) is 51.2 Å². The van der Waals surface area contributed by atoms with Gasteiger partial charge in [0.1, 0.15) is 0 Å². The molecule has 0 spiro atoms. The average Bonchev–Trinajstić information content (AvgIpc) is 2.82. The minimum Gasteiger partial charge on any atom is -0.369 e. The predicted octanol–water partition coefficient (Wildman–Crippen LogP) is 4.54. The molecule has 2 rings (SSSR count). The first-order valence-corrected chi connectivity index (χ1v) is 8.01. The number of benzene rings is 1. The molecule has 0 saturated carbocycles. The highest BCUT2D eigenvalue weighted by Crippen LogP contribution is 2.24. The summed E-state index contributed by atoms with van der Waals surface area (Å²) in [5, 5.41) is 3.43. The maximum Gasteiger partial charge on any atom is 0.0931 e. The van der Waals surface area contributed by atoms with Crippen LogP contribution in [-0.2, 0) is 13.1 Å². The topological polar surface area (TPSA) is 15.3 Å². The van der Waals surface area contributed by atoms with Crippen LogP contribution in [0.4, 0.5) is 5.69 Å². The van der Waals surface area contributed by atoms with Gasteiger partial charge in [-0.15, -0.1) is 11.3 Å². The third kappa shape index (κ3) is 4.51. The molecule has 2 aromatic rings. The molecule has 1 N–H and O–H groups in total. The Bertz CT molecular complexity index is 534. The Hall–Kier alpha value is -1.03. The summed E-state index contributed by atoms with van der Waals surface area (Å²) >= 11 is 7.60. The highest BCUT2D eigenvalue weighted by atomic mass is 35.5. The molecule has 1 heterocycles. The van der Waals surface area contributed by atoms with Gasteiger partial charge in [0.05, 0.1) is 10.9 Å². The standard InChI is InChI=1S/C16H21ClN2S/c1-12(2)18-10-13-4-6-14(7-5-13)19(3)11-15-8-9-16(17)20-15/h4-9,12,18H,10-11H2,1-3H3. The normalized spacial score (nSPS) is 11.1. The Balaban J connectivity index is 1.94.